The third-order valence-corrected chi connectivity index (χ3v) is 2.86. The molecule has 0 aromatic carbocycles. The topological polar surface area (TPSA) is 68.2 Å². The van der Waals surface area contributed by atoms with Crippen LogP contribution in [0.5, 0.6) is 0 Å². The lowest BCUT2D eigenvalue weighted by Crippen LogP contribution is -2.46. The summed E-state index contributed by atoms with van der Waals surface area (Å²) in [5.74, 6) is -0.156. The van der Waals surface area contributed by atoms with Crippen LogP contribution in [0.1, 0.15) is 19.8 Å². The average Bonchev–Trinajstić information content (AvgIpc) is 2.26. The van der Waals surface area contributed by atoms with Gasteiger partial charge >= 0.3 is 0 Å². The molecule has 5 heteroatoms. The fourth-order valence-corrected chi connectivity index (χ4v) is 1.87. The first-order chi connectivity index (χ1) is 7.61. The predicted octanol–water partition coefficient (Wildman–Crippen LogP) is -0.302. The number of piperidine rings is 1. The second-order valence-corrected chi connectivity index (χ2v) is 4.37. The third kappa shape index (κ3) is 4.60. The van der Waals surface area contributed by atoms with Crippen LogP contribution in [0.2, 0.25) is 0 Å². The maximum atomic E-state index is 10.8. The SMILES string of the molecule is CC(=O)NC(C#N)CNC1CCN(C)CC1. The molecule has 0 aromatic heterocycles. The van der Waals surface area contributed by atoms with E-state index in [0.717, 1.165) is 25.9 Å². The number of carbonyl (C=O) groups is 1. The van der Waals surface area contributed by atoms with Crippen molar-refractivity contribution in [3.8, 4) is 6.07 Å². The Morgan fingerprint density at radius 1 is 1.56 bits per heavy atom. The van der Waals surface area contributed by atoms with Crippen molar-refractivity contribution in [2.75, 3.05) is 26.7 Å². The summed E-state index contributed by atoms with van der Waals surface area (Å²) in [4.78, 5) is 13.1. The Bertz CT molecular complexity index is 266. The van der Waals surface area contributed by atoms with Crippen LogP contribution in [-0.4, -0.2) is 49.6 Å². The Morgan fingerprint density at radius 3 is 2.69 bits per heavy atom. The number of nitrogens with zero attached hydrogens (tertiary/aromatic N) is 2. The lowest BCUT2D eigenvalue weighted by atomic mass is 10.1. The number of hydrogen-bond acceptors (Lipinski definition) is 4. The molecule has 1 aliphatic rings. The first-order valence-electron chi connectivity index (χ1n) is 5.70. The average molecular weight is 224 g/mol. The zero-order chi connectivity index (χ0) is 12.0. The second-order valence-electron chi connectivity index (χ2n) is 4.37. The molecule has 1 aliphatic heterocycles. The van der Waals surface area contributed by atoms with E-state index in [1.807, 2.05) is 0 Å². The molecule has 1 saturated heterocycles. The van der Waals surface area contributed by atoms with Crippen molar-refractivity contribution >= 4 is 5.91 Å². The van der Waals surface area contributed by atoms with E-state index in [1.54, 1.807) is 0 Å². The van der Waals surface area contributed by atoms with E-state index < -0.39 is 6.04 Å². The smallest absolute Gasteiger partial charge is 0.217 e. The summed E-state index contributed by atoms with van der Waals surface area (Å²) >= 11 is 0. The van der Waals surface area contributed by atoms with Crippen molar-refractivity contribution in [3.05, 3.63) is 0 Å². The van der Waals surface area contributed by atoms with Crippen LogP contribution in [0, 0.1) is 11.3 Å². The summed E-state index contributed by atoms with van der Waals surface area (Å²) in [6, 6.07) is 2.13. The van der Waals surface area contributed by atoms with E-state index in [-0.39, 0.29) is 5.91 Å². The van der Waals surface area contributed by atoms with Crippen molar-refractivity contribution in [1.82, 2.24) is 15.5 Å². The number of carbonyl (C=O) groups excluding carboxylic acids is 1. The van der Waals surface area contributed by atoms with Crippen molar-refractivity contribution < 1.29 is 4.79 Å². The van der Waals surface area contributed by atoms with Gasteiger partial charge in [-0.2, -0.15) is 5.26 Å². The second kappa shape index (κ2) is 6.46. The van der Waals surface area contributed by atoms with E-state index in [1.165, 1.54) is 6.92 Å². The van der Waals surface area contributed by atoms with E-state index in [9.17, 15) is 4.79 Å². The maximum absolute atomic E-state index is 10.8. The Kier molecular flexibility index (Phi) is 5.23. The molecule has 16 heavy (non-hydrogen) atoms. The molecule has 5 nitrogen and oxygen atoms in total. The standard InChI is InChI=1S/C11H20N4O/c1-9(16)14-11(7-12)8-13-10-3-5-15(2)6-4-10/h10-11,13H,3-6,8H2,1-2H3,(H,14,16). The lowest BCUT2D eigenvalue weighted by Gasteiger charge is -2.30. The Hall–Kier alpha value is -1.12. The van der Waals surface area contributed by atoms with Gasteiger partial charge in [0.15, 0.2) is 0 Å². The highest BCUT2D eigenvalue weighted by Gasteiger charge is 2.17. The van der Waals surface area contributed by atoms with Gasteiger partial charge in [-0.25, -0.2) is 0 Å². The third-order valence-electron chi connectivity index (χ3n) is 2.86. The van der Waals surface area contributed by atoms with Gasteiger partial charge in [-0.1, -0.05) is 0 Å². The van der Waals surface area contributed by atoms with E-state index >= 15 is 0 Å². The molecule has 1 amide bonds. The van der Waals surface area contributed by atoms with E-state index in [0.29, 0.717) is 12.6 Å². The summed E-state index contributed by atoms with van der Waals surface area (Å²) < 4.78 is 0. The van der Waals surface area contributed by atoms with Crippen molar-refractivity contribution in [2.24, 2.45) is 0 Å². The van der Waals surface area contributed by atoms with Gasteiger partial charge in [-0.15, -0.1) is 0 Å². The number of likely N-dealkylation sites (tertiary alicyclic amines) is 1. The van der Waals surface area contributed by atoms with Crippen LogP contribution in [0.25, 0.3) is 0 Å². The molecule has 0 aliphatic carbocycles. The molecule has 1 heterocycles. The molecule has 0 spiro atoms. The molecule has 1 unspecified atom stereocenters. The van der Waals surface area contributed by atoms with Gasteiger partial charge in [-0.05, 0) is 33.0 Å². The Balaban J connectivity index is 2.22. The van der Waals surface area contributed by atoms with E-state index in [4.69, 9.17) is 5.26 Å². The minimum Gasteiger partial charge on any atom is -0.339 e. The molecule has 0 aromatic rings. The van der Waals surface area contributed by atoms with Gasteiger partial charge in [0, 0.05) is 19.5 Å². The summed E-state index contributed by atoms with van der Waals surface area (Å²) in [5, 5.41) is 14.8. The van der Waals surface area contributed by atoms with Gasteiger partial charge in [0.1, 0.15) is 6.04 Å². The van der Waals surface area contributed by atoms with Crippen LogP contribution in [0.3, 0.4) is 0 Å². The predicted molar refractivity (Wildman–Crippen MR) is 61.7 cm³/mol. The lowest BCUT2D eigenvalue weighted by molar-refractivity contribution is -0.119. The largest absolute Gasteiger partial charge is 0.339 e. The summed E-state index contributed by atoms with van der Waals surface area (Å²) in [7, 11) is 2.12. The van der Waals surface area contributed by atoms with Crippen LogP contribution >= 0.6 is 0 Å². The Morgan fingerprint density at radius 2 is 2.19 bits per heavy atom. The number of rotatable bonds is 4. The van der Waals surface area contributed by atoms with Crippen LogP contribution < -0.4 is 10.6 Å². The highest BCUT2D eigenvalue weighted by Crippen LogP contribution is 2.07. The first kappa shape index (κ1) is 12.9. The fraction of sp³-hybridized carbons (Fsp3) is 0.818. The van der Waals surface area contributed by atoms with Crippen molar-refractivity contribution in [3.63, 3.8) is 0 Å². The summed E-state index contributed by atoms with van der Waals surface area (Å²) in [6.07, 6.45) is 2.21. The molecular formula is C11H20N4O. The van der Waals surface area contributed by atoms with Gasteiger partial charge in [-0.3, -0.25) is 4.79 Å². The quantitative estimate of drug-likeness (QED) is 0.688. The van der Waals surface area contributed by atoms with Gasteiger partial charge < -0.3 is 15.5 Å². The van der Waals surface area contributed by atoms with E-state index in [2.05, 4.69) is 28.7 Å². The van der Waals surface area contributed by atoms with Crippen molar-refractivity contribution in [1.29, 1.82) is 5.26 Å². The van der Waals surface area contributed by atoms with Crippen LogP contribution in [0.15, 0.2) is 0 Å². The fourth-order valence-electron chi connectivity index (χ4n) is 1.87. The molecule has 0 bridgehead atoms. The molecule has 0 saturated carbocycles. The van der Waals surface area contributed by atoms with Crippen LogP contribution in [-0.2, 0) is 4.79 Å². The summed E-state index contributed by atoms with van der Waals surface area (Å²) in [6.45, 7) is 4.15. The summed E-state index contributed by atoms with van der Waals surface area (Å²) in [5.41, 5.74) is 0. The first-order valence-corrected chi connectivity index (χ1v) is 5.70. The van der Waals surface area contributed by atoms with Gasteiger partial charge in [0.05, 0.1) is 6.07 Å². The van der Waals surface area contributed by atoms with Crippen molar-refractivity contribution in [2.45, 2.75) is 31.8 Å². The van der Waals surface area contributed by atoms with Crippen LogP contribution in [0.4, 0.5) is 0 Å². The Labute approximate surface area is 96.8 Å². The number of amides is 1. The zero-order valence-electron chi connectivity index (χ0n) is 9.99. The van der Waals surface area contributed by atoms with Gasteiger partial charge in [0.25, 0.3) is 0 Å². The minimum absolute atomic E-state index is 0.156. The van der Waals surface area contributed by atoms with Gasteiger partial charge in [0.2, 0.25) is 5.91 Å². The highest BCUT2D eigenvalue weighted by atomic mass is 16.1. The maximum Gasteiger partial charge on any atom is 0.217 e. The number of nitrogens with one attached hydrogen (secondary N) is 2. The highest BCUT2D eigenvalue weighted by molar-refractivity contribution is 5.73. The monoisotopic (exact) mass is 224 g/mol. The molecule has 1 atom stereocenters. The normalized spacial score (nSPS) is 20.1. The molecule has 2 N–H and O–H groups in total. The molecule has 0 radical (unpaired) electrons. The molecular weight excluding hydrogens is 204 g/mol. The molecule has 1 fully saturated rings. The number of nitriles is 1. The number of hydrogen-bond donors (Lipinski definition) is 2. The molecule has 90 valence electrons. The molecule has 1 rings (SSSR count). The zero-order valence-corrected chi connectivity index (χ0v) is 9.99. The minimum atomic E-state index is -0.419.